The molecule has 0 spiro atoms. The number of nitrogen functional groups attached to an aromatic ring is 1. The first-order valence-electron chi connectivity index (χ1n) is 5.31. The summed E-state index contributed by atoms with van der Waals surface area (Å²) < 4.78 is 5.56. The summed E-state index contributed by atoms with van der Waals surface area (Å²) in [6.45, 7) is 0. The number of hydrogen-bond acceptors (Lipinski definition) is 4. The predicted octanol–water partition coefficient (Wildman–Crippen LogP) is 2.47. The number of anilines is 1. The van der Waals surface area contributed by atoms with Gasteiger partial charge in [0.05, 0.1) is 6.20 Å². The Hall–Kier alpha value is -1.98. The van der Waals surface area contributed by atoms with Gasteiger partial charge in [0.25, 0.3) is 0 Å². The molecule has 2 aromatic heterocycles. The second kappa shape index (κ2) is 4.04. The minimum Gasteiger partial charge on any atom is -0.458 e. The maximum absolute atomic E-state index is 10.2. The number of aromatic amines is 1. The lowest BCUT2D eigenvalue weighted by atomic mass is 10.1. The number of fused-ring (bicyclic) bond motifs is 1. The summed E-state index contributed by atoms with van der Waals surface area (Å²) in [6.07, 6.45) is 0.523. The first kappa shape index (κ1) is 11.1. The maximum Gasteiger partial charge on any atom is 0.142 e. The van der Waals surface area contributed by atoms with E-state index in [1.165, 1.54) is 6.20 Å². The molecule has 18 heavy (non-hydrogen) atoms. The first-order chi connectivity index (χ1) is 8.65. The van der Waals surface area contributed by atoms with Gasteiger partial charge in [-0.15, -0.1) is 0 Å². The molecule has 0 saturated carbocycles. The molecule has 3 aromatic rings. The summed E-state index contributed by atoms with van der Waals surface area (Å²) in [5.41, 5.74) is 6.81. The molecule has 0 saturated heterocycles. The molecule has 1 aromatic carbocycles. The van der Waals surface area contributed by atoms with Crippen LogP contribution in [0.15, 0.2) is 34.9 Å². The molecule has 5 nitrogen and oxygen atoms in total. The second-order valence-electron chi connectivity index (χ2n) is 3.97. The fourth-order valence-corrected chi connectivity index (χ4v) is 2.03. The fourth-order valence-electron chi connectivity index (χ4n) is 1.85. The van der Waals surface area contributed by atoms with Gasteiger partial charge in [-0.2, -0.15) is 5.10 Å². The molecular formula is C12H10ClN3O2. The number of nitrogens with one attached hydrogen (secondary N) is 1. The summed E-state index contributed by atoms with van der Waals surface area (Å²) >= 11 is 5.89. The van der Waals surface area contributed by atoms with Crippen LogP contribution in [0.1, 0.15) is 17.4 Å². The number of aliphatic hydroxyl groups is 1. The van der Waals surface area contributed by atoms with Crippen molar-refractivity contribution in [3.8, 4) is 0 Å². The van der Waals surface area contributed by atoms with Gasteiger partial charge in [0.15, 0.2) is 0 Å². The Morgan fingerprint density at radius 2 is 2.22 bits per heavy atom. The summed E-state index contributed by atoms with van der Waals surface area (Å²) in [6, 6.07) is 7.00. The number of aliphatic hydroxyl groups excluding tert-OH is 1. The normalized spacial score (nSPS) is 13.0. The van der Waals surface area contributed by atoms with Crippen molar-refractivity contribution in [2.24, 2.45) is 0 Å². The van der Waals surface area contributed by atoms with Crippen molar-refractivity contribution in [2.45, 2.75) is 6.10 Å². The zero-order valence-corrected chi connectivity index (χ0v) is 9.98. The van der Waals surface area contributed by atoms with E-state index in [1.807, 2.05) is 0 Å². The molecular weight excluding hydrogens is 254 g/mol. The molecule has 4 N–H and O–H groups in total. The van der Waals surface area contributed by atoms with Gasteiger partial charge in [0.2, 0.25) is 0 Å². The fraction of sp³-hybridized carbons (Fsp3) is 0.0833. The van der Waals surface area contributed by atoms with E-state index in [1.54, 1.807) is 24.3 Å². The largest absolute Gasteiger partial charge is 0.458 e. The van der Waals surface area contributed by atoms with Gasteiger partial charge in [-0.25, -0.2) is 0 Å². The van der Waals surface area contributed by atoms with Crippen LogP contribution in [0.2, 0.25) is 5.02 Å². The van der Waals surface area contributed by atoms with Gasteiger partial charge >= 0.3 is 0 Å². The number of furan rings is 1. The van der Waals surface area contributed by atoms with Gasteiger partial charge in [-0.1, -0.05) is 11.6 Å². The lowest BCUT2D eigenvalue weighted by Gasteiger charge is -2.05. The lowest BCUT2D eigenvalue weighted by Crippen LogP contribution is -2.00. The van der Waals surface area contributed by atoms with Crippen LogP contribution in [0.4, 0.5) is 5.82 Å². The first-order valence-corrected chi connectivity index (χ1v) is 5.69. The van der Waals surface area contributed by atoms with E-state index >= 15 is 0 Å². The third kappa shape index (κ3) is 1.73. The molecule has 2 heterocycles. The summed E-state index contributed by atoms with van der Waals surface area (Å²) in [7, 11) is 0. The number of rotatable bonds is 2. The molecule has 0 aliphatic heterocycles. The third-order valence-electron chi connectivity index (χ3n) is 2.76. The van der Waals surface area contributed by atoms with Crippen molar-refractivity contribution in [1.29, 1.82) is 0 Å². The van der Waals surface area contributed by atoms with Crippen LogP contribution < -0.4 is 5.73 Å². The number of aromatic nitrogens is 2. The van der Waals surface area contributed by atoms with Crippen molar-refractivity contribution in [1.82, 2.24) is 10.2 Å². The highest BCUT2D eigenvalue weighted by Crippen LogP contribution is 2.31. The van der Waals surface area contributed by atoms with Crippen molar-refractivity contribution in [3.63, 3.8) is 0 Å². The van der Waals surface area contributed by atoms with Gasteiger partial charge < -0.3 is 15.3 Å². The zero-order valence-electron chi connectivity index (χ0n) is 9.22. The minimum absolute atomic E-state index is 0.320. The highest BCUT2D eigenvalue weighted by Gasteiger charge is 2.19. The van der Waals surface area contributed by atoms with E-state index in [4.69, 9.17) is 21.8 Å². The van der Waals surface area contributed by atoms with Crippen molar-refractivity contribution in [2.75, 3.05) is 5.73 Å². The van der Waals surface area contributed by atoms with E-state index in [9.17, 15) is 5.11 Å². The molecule has 92 valence electrons. The standard InChI is InChI=1S/C12H10ClN3O2/c13-7-1-2-9-6(3-7)4-10(18-9)11(17)8-5-15-16-12(8)14/h1-5,11,17H,(H3,14,15,16). The number of H-pyrrole nitrogens is 1. The average Bonchev–Trinajstić information content (AvgIpc) is 2.93. The Labute approximate surface area is 107 Å². The highest BCUT2D eigenvalue weighted by atomic mass is 35.5. The molecule has 3 rings (SSSR count). The number of nitrogens with zero attached hydrogens (tertiary/aromatic N) is 1. The van der Waals surface area contributed by atoms with Crippen LogP contribution in [-0.4, -0.2) is 15.3 Å². The number of benzene rings is 1. The summed E-state index contributed by atoms with van der Waals surface area (Å²) in [4.78, 5) is 0. The molecule has 1 unspecified atom stereocenters. The molecule has 0 aliphatic rings. The van der Waals surface area contributed by atoms with Gasteiger partial charge in [0, 0.05) is 16.0 Å². The van der Waals surface area contributed by atoms with E-state index in [-0.39, 0.29) is 0 Å². The molecule has 0 fully saturated rings. The van der Waals surface area contributed by atoms with E-state index in [0.29, 0.717) is 27.7 Å². The molecule has 6 heteroatoms. The maximum atomic E-state index is 10.2. The zero-order chi connectivity index (χ0) is 12.7. The van der Waals surface area contributed by atoms with Crippen LogP contribution in [0.5, 0.6) is 0 Å². The minimum atomic E-state index is -0.949. The van der Waals surface area contributed by atoms with E-state index < -0.39 is 6.10 Å². The van der Waals surface area contributed by atoms with Gasteiger partial charge in [-0.05, 0) is 24.3 Å². The lowest BCUT2D eigenvalue weighted by molar-refractivity contribution is 0.193. The van der Waals surface area contributed by atoms with E-state index in [0.717, 1.165) is 5.39 Å². The smallest absolute Gasteiger partial charge is 0.142 e. The van der Waals surface area contributed by atoms with Crippen LogP contribution in [0.25, 0.3) is 11.0 Å². The number of halogens is 1. The van der Waals surface area contributed by atoms with Gasteiger partial charge in [-0.3, -0.25) is 5.10 Å². The van der Waals surface area contributed by atoms with Crippen molar-refractivity contribution in [3.05, 3.63) is 46.8 Å². The Morgan fingerprint density at radius 3 is 2.94 bits per heavy atom. The van der Waals surface area contributed by atoms with Crippen molar-refractivity contribution >= 4 is 28.4 Å². The van der Waals surface area contributed by atoms with E-state index in [2.05, 4.69) is 10.2 Å². The van der Waals surface area contributed by atoms with Crippen LogP contribution in [0.3, 0.4) is 0 Å². The SMILES string of the molecule is Nc1[nH]ncc1C(O)c1cc2cc(Cl)ccc2o1. The molecule has 0 radical (unpaired) electrons. The van der Waals surface area contributed by atoms with Gasteiger partial charge in [0.1, 0.15) is 23.3 Å². The Kier molecular flexibility index (Phi) is 2.50. The molecule has 0 amide bonds. The molecule has 0 bridgehead atoms. The Bertz CT molecular complexity index is 704. The monoisotopic (exact) mass is 263 g/mol. The third-order valence-corrected chi connectivity index (χ3v) is 3.00. The number of hydrogen-bond donors (Lipinski definition) is 3. The Balaban J connectivity index is 2.07. The topological polar surface area (TPSA) is 88.1 Å². The summed E-state index contributed by atoms with van der Waals surface area (Å²) in [5, 5.41) is 17.9. The molecule has 1 atom stereocenters. The number of nitrogens with two attached hydrogens (primary N) is 1. The predicted molar refractivity (Wildman–Crippen MR) is 68.3 cm³/mol. The Morgan fingerprint density at radius 1 is 1.39 bits per heavy atom. The highest BCUT2D eigenvalue weighted by molar-refractivity contribution is 6.31. The van der Waals surface area contributed by atoms with Crippen LogP contribution in [-0.2, 0) is 0 Å². The van der Waals surface area contributed by atoms with Crippen LogP contribution >= 0.6 is 11.6 Å². The second-order valence-corrected chi connectivity index (χ2v) is 4.41. The average molecular weight is 264 g/mol. The quantitative estimate of drug-likeness (QED) is 0.663. The van der Waals surface area contributed by atoms with Crippen molar-refractivity contribution < 1.29 is 9.52 Å². The summed E-state index contributed by atoms with van der Waals surface area (Å²) in [5.74, 6) is 0.723. The van der Waals surface area contributed by atoms with Crippen LogP contribution in [0, 0.1) is 0 Å². The molecule has 0 aliphatic carbocycles.